The Morgan fingerprint density at radius 1 is 1.31 bits per heavy atom. The lowest BCUT2D eigenvalue weighted by Crippen LogP contribution is -2.18. The number of rotatable bonds is 12. The van der Waals surface area contributed by atoms with Crippen molar-refractivity contribution in [1.82, 2.24) is 0 Å². The van der Waals surface area contributed by atoms with Crippen LogP contribution >= 0.6 is 24.0 Å². The van der Waals surface area contributed by atoms with Gasteiger partial charge in [0.2, 0.25) is 0 Å². The third-order valence-electron chi connectivity index (χ3n) is 3.64. The highest BCUT2D eigenvalue weighted by atomic mass is 32.2. The molecule has 142 valence electrons. The van der Waals surface area contributed by atoms with E-state index in [1.165, 1.54) is 18.4 Å². The molecule has 0 aliphatic rings. The summed E-state index contributed by atoms with van der Waals surface area (Å²) in [5.74, 6) is 1.62. The highest BCUT2D eigenvalue weighted by molar-refractivity contribution is 8.23. The van der Waals surface area contributed by atoms with Gasteiger partial charge >= 0.3 is 0 Å². The highest BCUT2D eigenvalue weighted by Gasteiger charge is 2.06. The molecule has 0 bridgehead atoms. The number of hydrogen-bond acceptors (Lipinski definition) is 4. The Bertz CT molecular complexity index is 603. The molecule has 0 N–H and O–H groups in total. The molecule has 0 amide bonds. The first kappa shape index (κ1) is 22.7. The predicted molar refractivity (Wildman–Crippen MR) is 119 cm³/mol. The molecule has 1 atom stereocenters. The van der Waals surface area contributed by atoms with Gasteiger partial charge < -0.3 is 9.47 Å². The summed E-state index contributed by atoms with van der Waals surface area (Å²) in [7, 11) is 0. The average molecular weight is 391 g/mol. The Morgan fingerprint density at radius 3 is 2.65 bits per heavy atom. The van der Waals surface area contributed by atoms with Gasteiger partial charge in [0.1, 0.15) is 5.75 Å². The van der Waals surface area contributed by atoms with Crippen molar-refractivity contribution in [2.24, 2.45) is 0 Å². The van der Waals surface area contributed by atoms with E-state index in [4.69, 9.17) is 21.7 Å². The molecule has 0 radical (unpaired) electrons. The molecule has 0 aromatic heterocycles. The summed E-state index contributed by atoms with van der Waals surface area (Å²) in [6, 6.07) is 8.27. The zero-order valence-electron chi connectivity index (χ0n) is 16.1. The van der Waals surface area contributed by atoms with Crippen molar-refractivity contribution in [2.45, 2.75) is 46.3 Å². The molecular weight excluding hydrogens is 360 g/mol. The molecule has 0 fully saturated rings. The van der Waals surface area contributed by atoms with Crippen molar-refractivity contribution in [2.75, 3.05) is 12.4 Å². The smallest absolute Gasteiger partial charge is 0.197 e. The zero-order chi connectivity index (χ0) is 19.2. The first-order valence-corrected chi connectivity index (χ1v) is 10.5. The van der Waals surface area contributed by atoms with Crippen LogP contribution in [0.4, 0.5) is 0 Å². The number of unbranched alkanes of at least 4 members (excludes halogenated alkanes) is 1. The lowest BCUT2D eigenvalue weighted by molar-refractivity contribution is -0.0601. The lowest BCUT2D eigenvalue weighted by Gasteiger charge is -2.15. The van der Waals surface area contributed by atoms with Crippen molar-refractivity contribution in [3.05, 3.63) is 66.3 Å². The third-order valence-corrected chi connectivity index (χ3v) is 5.10. The van der Waals surface area contributed by atoms with Crippen LogP contribution in [-0.4, -0.2) is 22.8 Å². The fourth-order valence-electron chi connectivity index (χ4n) is 2.19. The Morgan fingerprint density at radius 2 is 2.04 bits per heavy atom. The van der Waals surface area contributed by atoms with Gasteiger partial charge in [-0.1, -0.05) is 68.6 Å². The van der Waals surface area contributed by atoms with Gasteiger partial charge in [0, 0.05) is 5.75 Å². The topological polar surface area (TPSA) is 18.5 Å². The minimum Gasteiger partial charge on any atom is -0.465 e. The van der Waals surface area contributed by atoms with E-state index in [0.717, 1.165) is 27.7 Å². The Hall–Kier alpha value is -1.36. The predicted octanol–water partition coefficient (Wildman–Crippen LogP) is 6.52. The van der Waals surface area contributed by atoms with Crippen LogP contribution in [0.25, 0.3) is 0 Å². The molecule has 0 saturated carbocycles. The summed E-state index contributed by atoms with van der Waals surface area (Å²) in [5, 5.41) is 0. The van der Waals surface area contributed by atoms with Crippen LogP contribution in [0.1, 0.15) is 39.2 Å². The van der Waals surface area contributed by atoms with Crippen LogP contribution in [0, 0.1) is 0 Å². The van der Waals surface area contributed by atoms with E-state index in [-0.39, 0.29) is 6.29 Å². The van der Waals surface area contributed by atoms with E-state index in [2.05, 4.69) is 25.6 Å². The highest BCUT2D eigenvalue weighted by Crippen LogP contribution is 2.17. The fraction of sp³-hybridized carbons (Fsp3) is 0.409. The second-order valence-electron chi connectivity index (χ2n) is 5.79. The minimum absolute atomic E-state index is 0.289. The Kier molecular flexibility index (Phi) is 12.0. The normalized spacial score (nSPS) is 13.0. The molecule has 1 unspecified atom stereocenters. The molecule has 1 rings (SSSR count). The van der Waals surface area contributed by atoms with E-state index < -0.39 is 0 Å². The average Bonchev–Trinajstić information content (AvgIpc) is 2.65. The molecule has 0 spiro atoms. The number of allylic oxidation sites excluding steroid dienone is 4. The molecule has 1 aromatic carbocycles. The monoisotopic (exact) mass is 390 g/mol. The van der Waals surface area contributed by atoms with Crippen LogP contribution in [0.15, 0.2) is 60.7 Å². The Balaban J connectivity index is 2.30. The van der Waals surface area contributed by atoms with Crippen LogP contribution in [-0.2, 0) is 11.2 Å². The summed E-state index contributed by atoms with van der Waals surface area (Å²) in [5.41, 5.74) is 2.32. The van der Waals surface area contributed by atoms with E-state index in [9.17, 15) is 0 Å². The van der Waals surface area contributed by atoms with Crippen molar-refractivity contribution in [3.8, 4) is 5.75 Å². The maximum atomic E-state index is 5.80. The van der Waals surface area contributed by atoms with Crippen LogP contribution in [0.5, 0.6) is 5.75 Å². The van der Waals surface area contributed by atoms with Crippen LogP contribution < -0.4 is 4.74 Å². The fourth-order valence-corrected chi connectivity index (χ4v) is 3.28. The molecule has 0 heterocycles. The summed E-state index contributed by atoms with van der Waals surface area (Å²) in [6.07, 6.45) is 10.9. The summed E-state index contributed by atoms with van der Waals surface area (Å²) in [4.78, 5) is 0. The van der Waals surface area contributed by atoms with Gasteiger partial charge in [0.05, 0.1) is 10.8 Å². The van der Waals surface area contributed by atoms with Crippen molar-refractivity contribution < 1.29 is 9.47 Å². The van der Waals surface area contributed by atoms with Gasteiger partial charge in [-0.15, -0.1) is 11.8 Å². The van der Waals surface area contributed by atoms with Crippen molar-refractivity contribution in [3.63, 3.8) is 0 Å². The second-order valence-corrected chi connectivity index (χ2v) is 7.56. The van der Waals surface area contributed by atoms with Gasteiger partial charge in [-0.2, -0.15) is 0 Å². The van der Waals surface area contributed by atoms with Gasteiger partial charge in [-0.25, -0.2) is 0 Å². The molecule has 1 aromatic rings. The van der Waals surface area contributed by atoms with Crippen LogP contribution in [0.3, 0.4) is 0 Å². The summed E-state index contributed by atoms with van der Waals surface area (Å²) < 4.78 is 12.4. The number of benzene rings is 1. The maximum absolute atomic E-state index is 5.80. The summed E-state index contributed by atoms with van der Waals surface area (Å²) >= 11 is 7.01. The number of thioether (sulfide) groups is 1. The number of hydrogen-bond donors (Lipinski definition) is 0. The van der Waals surface area contributed by atoms with Crippen LogP contribution in [0.2, 0.25) is 0 Å². The first-order valence-electron chi connectivity index (χ1n) is 9.10. The minimum atomic E-state index is -0.289. The molecule has 2 nitrogen and oxygen atoms in total. The number of ether oxygens (including phenoxy) is 2. The van der Waals surface area contributed by atoms with Crippen molar-refractivity contribution >= 4 is 28.2 Å². The molecule has 0 aliphatic heterocycles. The number of thiocarbonyl (C=S) groups is 1. The third kappa shape index (κ3) is 9.37. The van der Waals surface area contributed by atoms with E-state index in [0.29, 0.717) is 6.61 Å². The van der Waals surface area contributed by atoms with Gasteiger partial charge in [0.25, 0.3) is 0 Å². The van der Waals surface area contributed by atoms with E-state index in [1.54, 1.807) is 17.8 Å². The van der Waals surface area contributed by atoms with E-state index in [1.807, 2.05) is 44.2 Å². The van der Waals surface area contributed by atoms with Crippen molar-refractivity contribution in [1.29, 1.82) is 0 Å². The molecular formula is C22H30O2S2. The van der Waals surface area contributed by atoms with E-state index >= 15 is 0 Å². The second kappa shape index (κ2) is 13.8. The standard InChI is InChI=1S/C22H30O2S2/c1-5-8-10-19-12-14-21(15-13-19)24-18(4)23-16-17-26-22(25)20(7-3)11-9-6-2/h6-7,9,11-15,18H,3,5,8,10,16-17H2,1-2,4H3/b9-6-,20-11+. The lowest BCUT2D eigenvalue weighted by atomic mass is 10.1. The largest absolute Gasteiger partial charge is 0.465 e. The van der Waals surface area contributed by atoms with Gasteiger partial charge in [0.15, 0.2) is 6.29 Å². The maximum Gasteiger partial charge on any atom is 0.197 e. The molecule has 0 saturated heterocycles. The Labute approximate surface area is 168 Å². The van der Waals surface area contributed by atoms with Gasteiger partial charge in [-0.3, -0.25) is 0 Å². The summed E-state index contributed by atoms with van der Waals surface area (Å²) in [6.45, 7) is 10.5. The first-order chi connectivity index (χ1) is 12.6. The van der Waals surface area contributed by atoms with Gasteiger partial charge in [-0.05, 0) is 50.0 Å². The molecule has 26 heavy (non-hydrogen) atoms. The zero-order valence-corrected chi connectivity index (χ0v) is 17.7. The molecule has 0 aliphatic carbocycles. The SMILES string of the molecule is C=C/C(=C\C=C/C)C(=S)SCCOC(C)Oc1ccc(CCCC)cc1. The molecule has 4 heteroatoms. The quantitative estimate of drug-likeness (QED) is 0.133. The number of aryl methyl sites for hydroxylation is 1.